The van der Waals surface area contributed by atoms with Gasteiger partial charge in [0.1, 0.15) is 11.9 Å². The van der Waals surface area contributed by atoms with Crippen LogP contribution in [-0.4, -0.2) is 17.2 Å². The maximum Gasteiger partial charge on any atom is 0.307 e. The molecule has 0 unspecified atom stereocenters. The normalized spacial score (nSPS) is 12.2. The highest BCUT2D eigenvalue weighted by molar-refractivity contribution is 6.42. The standard InChI is InChI=1S/C10H10Cl2O3/c1-6(4-10(13)14)15-7-2-3-8(11)9(12)5-7/h2-3,5-6H,4H2,1H3,(H,13,14)/t6-/m1/s1. The van der Waals surface area contributed by atoms with Crippen LogP contribution in [0.2, 0.25) is 10.0 Å². The number of halogens is 2. The average Bonchev–Trinajstić information content (AvgIpc) is 2.10. The number of rotatable bonds is 4. The number of benzene rings is 1. The van der Waals surface area contributed by atoms with Crippen LogP contribution in [0.25, 0.3) is 0 Å². The molecule has 0 aromatic heterocycles. The summed E-state index contributed by atoms with van der Waals surface area (Å²) in [5, 5.41) is 9.36. The molecule has 0 saturated heterocycles. The minimum atomic E-state index is -0.900. The first-order chi connectivity index (χ1) is 6.99. The Morgan fingerprint density at radius 3 is 2.67 bits per heavy atom. The summed E-state index contributed by atoms with van der Waals surface area (Å²) in [5.74, 6) is -0.388. The topological polar surface area (TPSA) is 46.5 Å². The van der Waals surface area contributed by atoms with Gasteiger partial charge in [0.05, 0.1) is 16.5 Å². The molecule has 0 aliphatic carbocycles. The fourth-order valence-corrected chi connectivity index (χ4v) is 1.36. The van der Waals surface area contributed by atoms with E-state index in [1.807, 2.05) is 0 Å². The molecular weight excluding hydrogens is 239 g/mol. The Morgan fingerprint density at radius 1 is 1.47 bits per heavy atom. The van der Waals surface area contributed by atoms with Crippen molar-refractivity contribution < 1.29 is 14.6 Å². The molecule has 0 radical (unpaired) electrons. The zero-order chi connectivity index (χ0) is 11.4. The minimum absolute atomic E-state index is 0.0553. The van der Waals surface area contributed by atoms with Gasteiger partial charge in [-0.25, -0.2) is 0 Å². The van der Waals surface area contributed by atoms with Crippen LogP contribution in [0.4, 0.5) is 0 Å². The van der Waals surface area contributed by atoms with E-state index in [1.54, 1.807) is 25.1 Å². The SMILES string of the molecule is C[C@H](CC(=O)O)Oc1ccc(Cl)c(Cl)c1. The van der Waals surface area contributed by atoms with E-state index in [2.05, 4.69) is 0 Å². The third-order valence-corrected chi connectivity index (χ3v) is 2.43. The lowest BCUT2D eigenvalue weighted by molar-refractivity contribution is -0.138. The largest absolute Gasteiger partial charge is 0.490 e. The zero-order valence-electron chi connectivity index (χ0n) is 8.04. The second-order valence-corrected chi connectivity index (χ2v) is 3.92. The van der Waals surface area contributed by atoms with E-state index in [9.17, 15) is 4.79 Å². The zero-order valence-corrected chi connectivity index (χ0v) is 9.55. The molecule has 0 fully saturated rings. The van der Waals surface area contributed by atoms with Gasteiger partial charge < -0.3 is 9.84 Å². The van der Waals surface area contributed by atoms with Crippen molar-refractivity contribution in [2.75, 3.05) is 0 Å². The van der Waals surface area contributed by atoms with Crippen LogP contribution in [0.3, 0.4) is 0 Å². The number of carbonyl (C=O) groups is 1. The molecule has 0 heterocycles. The Kier molecular flexibility index (Phi) is 4.24. The second kappa shape index (κ2) is 5.24. The molecule has 1 aromatic carbocycles. The summed E-state index contributed by atoms with van der Waals surface area (Å²) in [5.41, 5.74) is 0. The van der Waals surface area contributed by atoms with Gasteiger partial charge in [-0.15, -0.1) is 0 Å². The minimum Gasteiger partial charge on any atom is -0.490 e. The van der Waals surface area contributed by atoms with Crippen LogP contribution in [0.5, 0.6) is 5.75 Å². The lowest BCUT2D eigenvalue weighted by atomic mass is 10.3. The molecule has 0 aliphatic heterocycles. The lowest BCUT2D eigenvalue weighted by Crippen LogP contribution is -2.16. The molecule has 1 aromatic rings. The second-order valence-electron chi connectivity index (χ2n) is 3.10. The number of carboxylic acids is 1. The molecule has 0 saturated carbocycles. The Hall–Kier alpha value is -0.930. The summed E-state index contributed by atoms with van der Waals surface area (Å²) in [6.45, 7) is 1.68. The average molecular weight is 249 g/mol. The molecule has 0 amide bonds. The van der Waals surface area contributed by atoms with Crippen molar-refractivity contribution in [2.45, 2.75) is 19.4 Å². The van der Waals surface area contributed by atoms with Gasteiger partial charge in [-0.1, -0.05) is 23.2 Å². The fourth-order valence-electron chi connectivity index (χ4n) is 1.07. The molecule has 1 rings (SSSR count). The Bertz CT molecular complexity index is 366. The quantitative estimate of drug-likeness (QED) is 0.890. The number of aliphatic carboxylic acids is 1. The Balaban J connectivity index is 2.64. The van der Waals surface area contributed by atoms with Crippen molar-refractivity contribution >= 4 is 29.2 Å². The van der Waals surface area contributed by atoms with Crippen LogP contribution < -0.4 is 4.74 Å². The van der Waals surface area contributed by atoms with Gasteiger partial charge in [-0.3, -0.25) is 4.79 Å². The summed E-state index contributed by atoms with van der Waals surface area (Å²) < 4.78 is 5.34. The van der Waals surface area contributed by atoms with E-state index >= 15 is 0 Å². The maximum absolute atomic E-state index is 10.4. The molecular formula is C10H10Cl2O3. The van der Waals surface area contributed by atoms with Gasteiger partial charge in [-0.05, 0) is 19.1 Å². The molecule has 5 heteroatoms. The summed E-state index contributed by atoms with van der Waals surface area (Å²) in [6.07, 6.45) is -0.458. The molecule has 82 valence electrons. The van der Waals surface area contributed by atoms with Crippen molar-refractivity contribution in [3.05, 3.63) is 28.2 Å². The van der Waals surface area contributed by atoms with Gasteiger partial charge in [0.15, 0.2) is 0 Å². The van der Waals surface area contributed by atoms with Gasteiger partial charge in [-0.2, -0.15) is 0 Å². The van der Waals surface area contributed by atoms with Crippen molar-refractivity contribution in [2.24, 2.45) is 0 Å². The summed E-state index contributed by atoms with van der Waals surface area (Å²) in [4.78, 5) is 10.4. The predicted octanol–water partition coefficient (Wildman–Crippen LogP) is 3.24. The predicted molar refractivity (Wildman–Crippen MR) is 58.8 cm³/mol. The highest BCUT2D eigenvalue weighted by atomic mass is 35.5. The third kappa shape index (κ3) is 3.98. The van der Waals surface area contributed by atoms with Crippen LogP contribution in [0, 0.1) is 0 Å². The van der Waals surface area contributed by atoms with Crippen molar-refractivity contribution in [3.63, 3.8) is 0 Å². The van der Waals surface area contributed by atoms with Crippen LogP contribution in [-0.2, 0) is 4.79 Å². The highest BCUT2D eigenvalue weighted by Crippen LogP contribution is 2.26. The third-order valence-electron chi connectivity index (χ3n) is 1.69. The fraction of sp³-hybridized carbons (Fsp3) is 0.300. The summed E-state index contributed by atoms with van der Waals surface area (Å²) in [7, 11) is 0. The van der Waals surface area contributed by atoms with E-state index in [-0.39, 0.29) is 6.42 Å². The van der Waals surface area contributed by atoms with E-state index in [4.69, 9.17) is 33.0 Å². The van der Waals surface area contributed by atoms with Crippen LogP contribution in [0.15, 0.2) is 18.2 Å². The van der Waals surface area contributed by atoms with Gasteiger partial charge in [0, 0.05) is 6.07 Å². The van der Waals surface area contributed by atoms with E-state index in [1.165, 1.54) is 0 Å². The highest BCUT2D eigenvalue weighted by Gasteiger charge is 2.09. The van der Waals surface area contributed by atoms with Gasteiger partial charge >= 0.3 is 5.97 Å². The Morgan fingerprint density at radius 2 is 2.13 bits per heavy atom. The van der Waals surface area contributed by atoms with Crippen LogP contribution in [0.1, 0.15) is 13.3 Å². The smallest absolute Gasteiger partial charge is 0.307 e. The molecule has 1 N–H and O–H groups in total. The first kappa shape index (κ1) is 12.1. The lowest BCUT2D eigenvalue weighted by Gasteiger charge is -2.12. The number of ether oxygens (including phenoxy) is 1. The molecule has 1 atom stereocenters. The molecule has 15 heavy (non-hydrogen) atoms. The van der Waals surface area contributed by atoms with Gasteiger partial charge in [0.2, 0.25) is 0 Å². The summed E-state index contributed by atoms with van der Waals surface area (Å²) in [6, 6.07) is 4.81. The van der Waals surface area contributed by atoms with Crippen LogP contribution >= 0.6 is 23.2 Å². The van der Waals surface area contributed by atoms with E-state index in [0.717, 1.165) is 0 Å². The molecule has 0 spiro atoms. The number of carboxylic acid groups (broad SMARTS) is 1. The molecule has 3 nitrogen and oxygen atoms in total. The number of hydrogen-bond acceptors (Lipinski definition) is 2. The first-order valence-corrected chi connectivity index (χ1v) is 5.08. The molecule has 0 bridgehead atoms. The maximum atomic E-state index is 10.4. The first-order valence-electron chi connectivity index (χ1n) is 4.32. The molecule has 0 aliphatic rings. The van der Waals surface area contributed by atoms with Crippen molar-refractivity contribution in [3.8, 4) is 5.75 Å². The van der Waals surface area contributed by atoms with Gasteiger partial charge in [0.25, 0.3) is 0 Å². The van der Waals surface area contributed by atoms with E-state index < -0.39 is 12.1 Å². The monoisotopic (exact) mass is 248 g/mol. The van der Waals surface area contributed by atoms with E-state index in [0.29, 0.717) is 15.8 Å². The Labute approximate surface area is 97.6 Å². The number of hydrogen-bond donors (Lipinski definition) is 1. The summed E-state index contributed by atoms with van der Waals surface area (Å²) >= 11 is 11.5. The van der Waals surface area contributed by atoms with Crippen molar-refractivity contribution in [1.29, 1.82) is 0 Å². The van der Waals surface area contributed by atoms with Crippen molar-refractivity contribution in [1.82, 2.24) is 0 Å².